The number of anilines is 1. The first-order valence-corrected chi connectivity index (χ1v) is 8.45. The van der Waals surface area contributed by atoms with Crippen LogP contribution in [-0.4, -0.2) is 33.3 Å². The molecule has 0 aliphatic heterocycles. The Morgan fingerprint density at radius 2 is 1.95 bits per heavy atom. The van der Waals surface area contributed by atoms with E-state index in [1.165, 1.54) is 7.11 Å². The lowest BCUT2D eigenvalue weighted by atomic mass is 10.1. The number of methoxy groups -OCH3 is 1. The number of nitrogen functional groups attached to an aromatic ring is 1. The van der Waals surface area contributed by atoms with Crippen molar-refractivity contribution in [3.8, 4) is 0 Å². The maximum Gasteiger partial charge on any atom is 0.324 e. The van der Waals surface area contributed by atoms with Crippen molar-refractivity contribution in [1.82, 2.24) is 4.72 Å². The molecule has 0 bridgehead atoms. The molecule has 0 saturated heterocycles. The van der Waals surface area contributed by atoms with Crippen LogP contribution in [0.4, 0.5) is 5.69 Å². The normalized spacial score (nSPS) is 12.9. The van der Waals surface area contributed by atoms with Gasteiger partial charge in [0, 0.05) is 5.69 Å². The average Bonchev–Trinajstić information content (AvgIpc) is 2.45. The van der Waals surface area contributed by atoms with Gasteiger partial charge in [-0.1, -0.05) is 25.5 Å². The number of carbonyl (C=O) groups excluding carboxylic acids is 1. The Balaban J connectivity index is 2.81. The van der Waals surface area contributed by atoms with Crippen molar-refractivity contribution in [1.29, 1.82) is 0 Å². The molecule has 21 heavy (non-hydrogen) atoms. The number of benzene rings is 1. The zero-order valence-electron chi connectivity index (χ0n) is 12.3. The zero-order chi connectivity index (χ0) is 15.9. The molecule has 0 saturated carbocycles. The molecule has 1 atom stereocenters. The molecular weight excluding hydrogens is 292 g/mol. The molecule has 0 heterocycles. The van der Waals surface area contributed by atoms with Crippen molar-refractivity contribution < 1.29 is 17.9 Å². The van der Waals surface area contributed by atoms with Gasteiger partial charge in [0.2, 0.25) is 10.0 Å². The van der Waals surface area contributed by atoms with E-state index in [0.717, 1.165) is 12.0 Å². The molecule has 1 aromatic carbocycles. The second kappa shape index (κ2) is 7.99. The fraction of sp³-hybridized carbons (Fsp3) is 0.500. The Hall–Kier alpha value is -1.60. The van der Waals surface area contributed by atoms with Gasteiger partial charge in [-0.05, 0) is 30.5 Å². The van der Waals surface area contributed by atoms with Crippen molar-refractivity contribution in [3.63, 3.8) is 0 Å². The molecule has 1 unspecified atom stereocenters. The average molecular weight is 314 g/mol. The number of sulfonamides is 1. The summed E-state index contributed by atoms with van der Waals surface area (Å²) in [5.41, 5.74) is 7.01. The van der Waals surface area contributed by atoms with Gasteiger partial charge in [0.25, 0.3) is 0 Å². The molecule has 6 nitrogen and oxygen atoms in total. The Labute approximate surface area is 125 Å². The molecule has 118 valence electrons. The van der Waals surface area contributed by atoms with E-state index in [1.807, 2.05) is 6.92 Å². The quantitative estimate of drug-likeness (QED) is 0.552. The van der Waals surface area contributed by atoms with E-state index in [9.17, 15) is 13.2 Å². The van der Waals surface area contributed by atoms with Gasteiger partial charge in [0.05, 0.1) is 12.9 Å². The highest BCUT2D eigenvalue weighted by Crippen LogP contribution is 2.10. The standard InChI is InChI=1S/C14H22N2O4S/c1-3-4-9-21(18,19)16-13(14(17)20-2)10-11-5-7-12(15)8-6-11/h5-8,13,16H,3-4,9-10,15H2,1-2H3. The lowest BCUT2D eigenvalue weighted by molar-refractivity contribution is -0.142. The summed E-state index contributed by atoms with van der Waals surface area (Å²) in [7, 11) is -2.27. The van der Waals surface area contributed by atoms with E-state index in [-0.39, 0.29) is 12.2 Å². The molecule has 0 aliphatic rings. The number of ether oxygens (including phenoxy) is 1. The van der Waals surface area contributed by atoms with Gasteiger partial charge in [0.1, 0.15) is 6.04 Å². The topological polar surface area (TPSA) is 98.5 Å². The summed E-state index contributed by atoms with van der Waals surface area (Å²) in [5, 5.41) is 0. The van der Waals surface area contributed by atoms with E-state index < -0.39 is 22.0 Å². The van der Waals surface area contributed by atoms with Crippen LogP contribution in [0, 0.1) is 0 Å². The van der Waals surface area contributed by atoms with E-state index in [1.54, 1.807) is 24.3 Å². The first-order valence-electron chi connectivity index (χ1n) is 6.80. The number of esters is 1. The van der Waals surface area contributed by atoms with Gasteiger partial charge < -0.3 is 10.5 Å². The molecule has 0 spiro atoms. The lowest BCUT2D eigenvalue weighted by Gasteiger charge is -2.16. The number of unbranched alkanes of at least 4 members (excludes halogenated alkanes) is 1. The van der Waals surface area contributed by atoms with Crippen LogP contribution >= 0.6 is 0 Å². The monoisotopic (exact) mass is 314 g/mol. The Kier molecular flexibility index (Phi) is 6.64. The minimum Gasteiger partial charge on any atom is -0.468 e. The summed E-state index contributed by atoms with van der Waals surface area (Å²) in [6, 6.07) is 5.99. The molecule has 0 amide bonds. The second-order valence-electron chi connectivity index (χ2n) is 4.81. The van der Waals surface area contributed by atoms with E-state index >= 15 is 0 Å². The van der Waals surface area contributed by atoms with Crippen LogP contribution in [0.5, 0.6) is 0 Å². The minimum atomic E-state index is -3.50. The van der Waals surface area contributed by atoms with E-state index in [4.69, 9.17) is 5.73 Å². The number of carbonyl (C=O) groups is 1. The summed E-state index contributed by atoms with van der Waals surface area (Å²) in [4.78, 5) is 11.8. The van der Waals surface area contributed by atoms with Crippen molar-refractivity contribution in [2.45, 2.75) is 32.2 Å². The van der Waals surface area contributed by atoms with Crippen LogP contribution in [0.1, 0.15) is 25.3 Å². The molecule has 0 aromatic heterocycles. The molecular formula is C14H22N2O4S. The third kappa shape index (κ3) is 6.14. The van der Waals surface area contributed by atoms with Gasteiger partial charge in [0.15, 0.2) is 0 Å². The number of hydrogen-bond donors (Lipinski definition) is 2. The highest BCUT2D eigenvalue weighted by molar-refractivity contribution is 7.89. The SMILES string of the molecule is CCCCS(=O)(=O)NC(Cc1ccc(N)cc1)C(=O)OC. The Morgan fingerprint density at radius 3 is 2.48 bits per heavy atom. The molecule has 7 heteroatoms. The van der Waals surface area contributed by atoms with Gasteiger partial charge in [-0.25, -0.2) is 13.1 Å². The lowest BCUT2D eigenvalue weighted by Crippen LogP contribution is -2.43. The smallest absolute Gasteiger partial charge is 0.324 e. The van der Waals surface area contributed by atoms with Gasteiger partial charge in [-0.3, -0.25) is 4.79 Å². The Morgan fingerprint density at radius 1 is 1.33 bits per heavy atom. The third-order valence-corrected chi connectivity index (χ3v) is 4.46. The van der Waals surface area contributed by atoms with Gasteiger partial charge >= 0.3 is 5.97 Å². The van der Waals surface area contributed by atoms with Gasteiger partial charge in [-0.15, -0.1) is 0 Å². The number of hydrogen-bond acceptors (Lipinski definition) is 5. The summed E-state index contributed by atoms with van der Waals surface area (Å²) in [6.45, 7) is 1.90. The number of nitrogens with one attached hydrogen (secondary N) is 1. The summed E-state index contributed by atoms with van der Waals surface area (Å²) < 4.78 is 30.9. The van der Waals surface area contributed by atoms with Crippen LogP contribution in [0.2, 0.25) is 0 Å². The third-order valence-electron chi connectivity index (χ3n) is 2.99. The molecule has 3 N–H and O–H groups in total. The predicted octanol–water partition coefficient (Wildman–Crippen LogP) is 1.07. The summed E-state index contributed by atoms with van der Waals surface area (Å²) in [6.07, 6.45) is 1.53. The second-order valence-corrected chi connectivity index (χ2v) is 6.69. The van der Waals surface area contributed by atoms with E-state index in [2.05, 4.69) is 9.46 Å². The number of nitrogens with two attached hydrogens (primary N) is 1. The van der Waals surface area contributed by atoms with Crippen LogP contribution in [-0.2, 0) is 26.0 Å². The fourth-order valence-corrected chi connectivity index (χ4v) is 3.21. The van der Waals surface area contributed by atoms with Crippen LogP contribution < -0.4 is 10.5 Å². The fourth-order valence-electron chi connectivity index (χ4n) is 1.81. The maximum absolute atomic E-state index is 11.9. The molecule has 0 radical (unpaired) electrons. The van der Waals surface area contributed by atoms with Crippen molar-refractivity contribution in [2.75, 3.05) is 18.6 Å². The molecule has 1 rings (SSSR count). The van der Waals surface area contributed by atoms with Crippen molar-refractivity contribution in [2.24, 2.45) is 0 Å². The van der Waals surface area contributed by atoms with Crippen LogP contribution in [0.15, 0.2) is 24.3 Å². The van der Waals surface area contributed by atoms with Gasteiger partial charge in [-0.2, -0.15) is 0 Å². The first kappa shape index (κ1) is 17.5. The Bertz CT molecular complexity index is 555. The largest absolute Gasteiger partial charge is 0.468 e. The molecule has 0 fully saturated rings. The highest BCUT2D eigenvalue weighted by Gasteiger charge is 2.25. The first-order chi connectivity index (χ1) is 9.88. The zero-order valence-corrected chi connectivity index (χ0v) is 13.2. The maximum atomic E-state index is 11.9. The summed E-state index contributed by atoms with van der Waals surface area (Å²) in [5.74, 6) is -0.606. The molecule has 0 aliphatic carbocycles. The number of rotatable bonds is 8. The predicted molar refractivity (Wildman–Crippen MR) is 82.2 cm³/mol. The van der Waals surface area contributed by atoms with E-state index in [0.29, 0.717) is 12.1 Å². The minimum absolute atomic E-state index is 0.00126. The van der Waals surface area contributed by atoms with Crippen LogP contribution in [0.25, 0.3) is 0 Å². The van der Waals surface area contributed by atoms with Crippen molar-refractivity contribution >= 4 is 21.7 Å². The highest BCUT2D eigenvalue weighted by atomic mass is 32.2. The molecule has 1 aromatic rings. The summed E-state index contributed by atoms with van der Waals surface area (Å²) >= 11 is 0. The van der Waals surface area contributed by atoms with Crippen molar-refractivity contribution in [3.05, 3.63) is 29.8 Å². The van der Waals surface area contributed by atoms with Crippen LogP contribution in [0.3, 0.4) is 0 Å².